The van der Waals surface area contributed by atoms with Crippen molar-refractivity contribution in [3.8, 4) is 0 Å². The van der Waals surface area contributed by atoms with Crippen molar-refractivity contribution >= 4 is 40.3 Å². The number of hydrogen-bond acceptors (Lipinski definition) is 4. The van der Waals surface area contributed by atoms with Gasteiger partial charge >= 0.3 is 0 Å². The minimum absolute atomic E-state index is 0.0792. The van der Waals surface area contributed by atoms with Crippen molar-refractivity contribution in [3.63, 3.8) is 0 Å². The van der Waals surface area contributed by atoms with Crippen LogP contribution in [0, 0.1) is 5.82 Å². The second-order valence-electron chi connectivity index (χ2n) is 6.63. The van der Waals surface area contributed by atoms with E-state index < -0.39 is 0 Å². The quantitative estimate of drug-likeness (QED) is 0.726. The number of thioether (sulfide) groups is 1. The number of carbonyl (C=O) groups is 1. The van der Waals surface area contributed by atoms with Gasteiger partial charge in [-0.1, -0.05) is 12.1 Å². The number of halogens is 1. The molecule has 4 rings (SSSR count). The molecule has 2 heterocycles. The minimum atomic E-state index is -0.305. The highest BCUT2D eigenvalue weighted by molar-refractivity contribution is 8.18. The number of likely N-dealkylation sites (N-methyl/N-ethyl adjacent to an activating group) is 1. The highest BCUT2D eigenvalue weighted by atomic mass is 32.2. The van der Waals surface area contributed by atoms with Crippen LogP contribution in [-0.2, 0) is 4.79 Å². The van der Waals surface area contributed by atoms with Crippen molar-refractivity contribution in [2.24, 2.45) is 4.99 Å². The van der Waals surface area contributed by atoms with E-state index >= 15 is 0 Å². The molecule has 2 aliphatic rings. The van der Waals surface area contributed by atoms with Crippen LogP contribution in [0.5, 0.6) is 0 Å². The molecule has 2 aromatic rings. The molecule has 0 unspecified atom stereocenters. The Balaban J connectivity index is 1.53. The summed E-state index contributed by atoms with van der Waals surface area (Å²) in [4.78, 5) is 21.5. The number of benzene rings is 2. The molecular weight excluding hydrogens is 361 g/mol. The molecule has 1 amide bonds. The van der Waals surface area contributed by atoms with Crippen molar-refractivity contribution in [2.75, 3.05) is 25.0 Å². The Morgan fingerprint density at radius 2 is 1.70 bits per heavy atom. The summed E-state index contributed by atoms with van der Waals surface area (Å²) in [6.45, 7) is 2.23. The number of aliphatic imine (C=N–C) groups is 1. The number of anilines is 1. The van der Waals surface area contributed by atoms with Crippen LogP contribution in [0.3, 0.4) is 0 Å². The molecule has 0 spiro atoms. The lowest BCUT2D eigenvalue weighted by atomic mass is 10.2. The number of hydrogen-bond donors (Lipinski definition) is 0. The maximum atomic E-state index is 13.0. The molecule has 2 aliphatic heterocycles. The molecule has 2 saturated heterocycles. The molecular formula is C21H20FN3OS. The number of amidine groups is 1. The molecule has 0 bridgehead atoms. The van der Waals surface area contributed by atoms with Gasteiger partial charge < -0.3 is 4.90 Å². The van der Waals surface area contributed by atoms with E-state index in [2.05, 4.69) is 22.0 Å². The largest absolute Gasteiger partial charge is 0.372 e. The van der Waals surface area contributed by atoms with Gasteiger partial charge in [0.25, 0.3) is 5.91 Å². The zero-order valence-electron chi connectivity index (χ0n) is 15.1. The van der Waals surface area contributed by atoms with Crippen LogP contribution >= 0.6 is 11.8 Å². The standard InChI is InChI=1S/C21H20FN3OS/c1-24-20(26)19(27-21(24)23-17-8-6-16(22)7-9-17)14-15-4-10-18(11-5-15)25-12-2-3-13-25/h4-11,14H,2-3,12-13H2,1H3/b19-14-,23-21?. The molecule has 0 saturated carbocycles. The number of nitrogens with zero attached hydrogens (tertiary/aromatic N) is 3. The highest BCUT2D eigenvalue weighted by Crippen LogP contribution is 2.33. The van der Waals surface area contributed by atoms with Gasteiger partial charge in [0.2, 0.25) is 0 Å². The normalized spacial score (nSPS) is 20.3. The first kappa shape index (κ1) is 17.8. The van der Waals surface area contributed by atoms with Crippen molar-refractivity contribution in [1.29, 1.82) is 0 Å². The number of carbonyl (C=O) groups excluding carboxylic acids is 1. The first-order valence-electron chi connectivity index (χ1n) is 8.97. The summed E-state index contributed by atoms with van der Waals surface area (Å²) < 4.78 is 13.0. The Kier molecular flexibility index (Phi) is 4.99. The van der Waals surface area contributed by atoms with Crippen LogP contribution in [-0.4, -0.2) is 36.1 Å². The molecule has 0 N–H and O–H groups in total. The molecule has 27 heavy (non-hydrogen) atoms. The van der Waals surface area contributed by atoms with Crippen LogP contribution < -0.4 is 4.90 Å². The Morgan fingerprint density at radius 1 is 1.04 bits per heavy atom. The molecule has 6 heteroatoms. The third-order valence-electron chi connectivity index (χ3n) is 4.72. The molecule has 2 aromatic carbocycles. The molecule has 0 atom stereocenters. The lowest BCUT2D eigenvalue weighted by Crippen LogP contribution is -2.23. The lowest BCUT2D eigenvalue weighted by molar-refractivity contribution is -0.121. The fourth-order valence-corrected chi connectivity index (χ4v) is 4.17. The Bertz CT molecular complexity index is 900. The summed E-state index contributed by atoms with van der Waals surface area (Å²) in [6.07, 6.45) is 4.39. The smallest absolute Gasteiger partial charge is 0.266 e. The maximum absolute atomic E-state index is 13.0. The maximum Gasteiger partial charge on any atom is 0.266 e. The van der Waals surface area contributed by atoms with E-state index in [0.29, 0.717) is 15.8 Å². The Morgan fingerprint density at radius 3 is 2.37 bits per heavy atom. The van der Waals surface area contributed by atoms with Crippen molar-refractivity contribution < 1.29 is 9.18 Å². The topological polar surface area (TPSA) is 35.9 Å². The average molecular weight is 381 g/mol. The second kappa shape index (κ2) is 7.56. The number of rotatable bonds is 3. The van der Waals surface area contributed by atoms with Crippen molar-refractivity contribution in [1.82, 2.24) is 4.90 Å². The first-order chi connectivity index (χ1) is 13.1. The third-order valence-corrected chi connectivity index (χ3v) is 5.78. The van der Waals surface area contributed by atoms with Gasteiger partial charge in [-0.2, -0.15) is 0 Å². The zero-order chi connectivity index (χ0) is 18.8. The minimum Gasteiger partial charge on any atom is -0.372 e. The van der Waals surface area contributed by atoms with Gasteiger partial charge in [0, 0.05) is 25.8 Å². The molecule has 0 aliphatic carbocycles. The zero-order valence-corrected chi connectivity index (χ0v) is 15.9. The molecule has 0 aromatic heterocycles. The monoisotopic (exact) mass is 381 g/mol. The Hall–Kier alpha value is -2.60. The summed E-state index contributed by atoms with van der Waals surface area (Å²) in [7, 11) is 1.70. The molecule has 2 fully saturated rings. The summed E-state index contributed by atoms with van der Waals surface area (Å²) in [5, 5.41) is 0.589. The van der Waals surface area contributed by atoms with E-state index in [-0.39, 0.29) is 11.7 Å². The van der Waals surface area contributed by atoms with Crippen LogP contribution in [0.25, 0.3) is 6.08 Å². The summed E-state index contributed by atoms with van der Waals surface area (Å²) in [5.41, 5.74) is 2.84. The van der Waals surface area contributed by atoms with Gasteiger partial charge in [-0.25, -0.2) is 9.38 Å². The van der Waals surface area contributed by atoms with E-state index in [1.807, 2.05) is 18.2 Å². The second-order valence-corrected chi connectivity index (χ2v) is 7.64. The van der Waals surface area contributed by atoms with E-state index in [1.165, 1.54) is 47.3 Å². The predicted octanol–water partition coefficient (Wildman–Crippen LogP) is 4.66. The van der Waals surface area contributed by atoms with E-state index in [1.54, 1.807) is 19.2 Å². The van der Waals surface area contributed by atoms with Crippen LogP contribution in [0.4, 0.5) is 15.8 Å². The van der Waals surface area contributed by atoms with Crippen LogP contribution in [0.1, 0.15) is 18.4 Å². The average Bonchev–Trinajstić information content (AvgIpc) is 3.30. The summed E-state index contributed by atoms with van der Waals surface area (Å²) in [6, 6.07) is 14.2. The Labute approximate surface area is 162 Å². The van der Waals surface area contributed by atoms with Crippen molar-refractivity contribution in [3.05, 3.63) is 64.8 Å². The number of amides is 1. The van der Waals surface area contributed by atoms with Crippen LogP contribution in [0.15, 0.2) is 58.4 Å². The van der Waals surface area contributed by atoms with Crippen molar-refractivity contribution in [2.45, 2.75) is 12.8 Å². The van der Waals surface area contributed by atoms with Gasteiger partial charge in [0.05, 0.1) is 10.6 Å². The third kappa shape index (κ3) is 3.90. The van der Waals surface area contributed by atoms with Gasteiger partial charge in [0.1, 0.15) is 5.82 Å². The SMILES string of the molecule is CN1C(=O)/C(=C/c2ccc(N3CCCC3)cc2)SC1=Nc1ccc(F)cc1. The van der Waals surface area contributed by atoms with Crippen LogP contribution in [0.2, 0.25) is 0 Å². The van der Waals surface area contributed by atoms with E-state index in [0.717, 1.165) is 18.7 Å². The van der Waals surface area contributed by atoms with E-state index in [9.17, 15) is 9.18 Å². The molecule has 138 valence electrons. The summed E-state index contributed by atoms with van der Waals surface area (Å²) >= 11 is 1.33. The fourth-order valence-electron chi connectivity index (χ4n) is 3.19. The fraction of sp³-hybridized carbons (Fsp3) is 0.238. The lowest BCUT2D eigenvalue weighted by Gasteiger charge is -2.17. The molecule has 4 nitrogen and oxygen atoms in total. The summed E-state index contributed by atoms with van der Waals surface area (Å²) in [5.74, 6) is -0.384. The highest BCUT2D eigenvalue weighted by Gasteiger charge is 2.30. The van der Waals surface area contributed by atoms with Gasteiger partial charge in [-0.3, -0.25) is 9.69 Å². The first-order valence-corrected chi connectivity index (χ1v) is 9.79. The van der Waals surface area contributed by atoms with E-state index in [4.69, 9.17) is 0 Å². The predicted molar refractivity (Wildman–Crippen MR) is 110 cm³/mol. The van der Waals surface area contributed by atoms with Gasteiger partial charge in [0.15, 0.2) is 5.17 Å². The van der Waals surface area contributed by atoms with Gasteiger partial charge in [-0.05, 0) is 72.6 Å². The molecule has 0 radical (unpaired) electrons. The van der Waals surface area contributed by atoms with Gasteiger partial charge in [-0.15, -0.1) is 0 Å².